The van der Waals surface area contributed by atoms with Crippen molar-refractivity contribution < 1.29 is 32.9 Å². The fraction of sp³-hybridized carbons (Fsp3) is 0.377. The molecule has 7 aromatic carbocycles. The van der Waals surface area contributed by atoms with Gasteiger partial charge in [-0.25, -0.2) is 17.6 Å². The van der Waals surface area contributed by atoms with Crippen molar-refractivity contribution >= 4 is 43.5 Å². The van der Waals surface area contributed by atoms with E-state index < -0.39 is 17.0 Å². The summed E-state index contributed by atoms with van der Waals surface area (Å²) in [6, 6.07) is 30.1. The van der Waals surface area contributed by atoms with Gasteiger partial charge in [0.25, 0.3) is 0 Å². The molecule has 0 saturated heterocycles. The van der Waals surface area contributed by atoms with Crippen molar-refractivity contribution in [1.29, 1.82) is 0 Å². The number of halogens is 4. The summed E-state index contributed by atoms with van der Waals surface area (Å²) in [5.74, 6) is -2.24. The lowest BCUT2D eigenvalue weighted by molar-refractivity contribution is 0.410. The van der Waals surface area contributed by atoms with Crippen LogP contribution in [0.25, 0.3) is 43.5 Å². The van der Waals surface area contributed by atoms with E-state index in [-0.39, 0.29) is 55.8 Å². The second kappa shape index (κ2) is 25.2. The molecule has 0 unspecified atom stereocenters. The number of fused-ring (bicyclic) bond motifs is 4. The average molecular weight is 1120 g/mol. The number of benzene rings is 7. The molecule has 13 heteroatoms. The first-order valence-corrected chi connectivity index (χ1v) is 27.6. The number of nitrogens with zero attached hydrogens (tertiary/aromatic N) is 3. The zero-order chi connectivity index (χ0) is 61.7. The Balaban J connectivity index is 0.000000181. The second-order valence-electron chi connectivity index (χ2n) is 27.0. The van der Waals surface area contributed by atoms with E-state index in [1.807, 2.05) is 84.3 Å². The summed E-state index contributed by atoms with van der Waals surface area (Å²) in [6.45, 7) is 40.9. The molecular formula is C69H86F4N6O3. The Morgan fingerprint density at radius 1 is 0.366 bits per heavy atom. The summed E-state index contributed by atoms with van der Waals surface area (Å²) in [5.41, 5.74) is 10.1. The van der Waals surface area contributed by atoms with Crippen molar-refractivity contribution in [2.24, 2.45) is 0 Å². The van der Waals surface area contributed by atoms with Crippen LogP contribution in [0, 0.1) is 37.1 Å². The molecule has 0 bridgehead atoms. The first-order valence-electron chi connectivity index (χ1n) is 27.6. The van der Waals surface area contributed by atoms with E-state index in [2.05, 4.69) is 137 Å². The molecule has 0 saturated carbocycles. The van der Waals surface area contributed by atoms with E-state index >= 15 is 0 Å². The minimum Gasteiger partial charge on any atom is -0.508 e. The SMILES string of the molecule is CC(C)(C)c1c(F)ccc2cn[nH]c12.CC(C)(C)c1c(O)ccc(F)c1F.CC(C)(C)c1c(O)cccc1F.CC(C)(C)c1cc(O)cc2ccccc12.Cc1ccc2[nH]ncc2c1C(C)(C)C.Cc1ccc2cn[nH]c2c1C(C)(C)C. The van der Waals surface area contributed by atoms with Crippen LogP contribution < -0.4 is 0 Å². The van der Waals surface area contributed by atoms with Crippen molar-refractivity contribution in [3.05, 3.63) is 189 Å². The largest absolute Gasteiger partial charge is 0.508 e. The van der Waals surface area contributed by atoms with E-state index in [1.54, 1.807) is 33.0 Å². The lowest BCUT2D eigenvalue weighted by atomic mass is 9.82. The maximum atomic E-state index is 13.6. The third-order valence-corrected chi connectivity index (χ3v) is 13.7. The Bertz CT molecular complexity index is 3540. The van der Waals surface area contributed by atoms with Crippen LogP contribution >= 0.6 is 0 Å². The molecule has 0 aliphatic carbocycles. The predicted molar refractivity (Wildman–Crippen MR) is 332 cm³/mol. The number of aromatic amines is 3. The van der Waals surface area contributed by atoms with Gasteiger partial charge in [-0.05, 0) is 140 Å². The Hall–Kier alpha value is -7.67. The number of phenols is 3. The molecule has 0 spiro atoms. The van der Waals surface area contributed by atoms with Gasteiger partial charge in [-0.3, -0.25) is 15.3 Å². The number of hydrogen-bond acceptors (Lipinski definition) is 6. The summed E-state index contributed by atoms with van der Waals surface area (Å²) in [4.78, 5) is 0. The maximum Gasteiger partial charge on any atom is 0.166 e. The molecule has 10 rings (SSSR count). The minimum absolute atomic E-state index is 0.0208. The van der Waals surface area contributed by atoms with Crippen LogP contribution in [-0.4, -0.2) is 45.9 Å². The fourth-order valence-corrected chi connectivity index (χ4v) is 10.4. The molecular weight excluding hydrogens is 1040 g/mol. The number of H-pyrrole nitrogens is 3. The van der Waals surface area contributed by atoms with Gasteiger partial charge >= 0.3 is 0 Å². The fourth-order valence-electron chi connectivity index (χ4n) is 10.4. The highest BCUT2D eigenvalue weighted by Crippen LogP contribution is 2.37. The van der Waals surface area contributed by atoms with Crippen molar-refractivity contribution in [3.63, 3.8) is 0 Å². The zero-order valence-electron chi connectivity index (χ0n) is 51.7. The lowest BCUT2D eigenvalue weighted by Gasteiger charge is -2.22. The van der Waals surface area contributed by atoms with Crippen molar-refractivity contribution in [2.45, 2.75) is 171 Å². The number of nitrogens with one attached hydrogen (secondary N) is 3. The van der Waals surface area contributed by atoms with Crippen LogP contribution in [-0.2, 0) is 32.5 Å². The molecule has 82 heavy (non-hydrogen) atoms. The summed E-state index contributed by atoms with van der Waals surface area (Å²) >= 11 is 0. The molecule has 9 nitrogen and oxygen atoms in total. The van der Waals surface area contributed by atoms with Crippen molar-refractivity contribution in [2.75, 3.05) is 0 Å². The molecule has 0 aliphatic heterocycles. The highest BCUT2D eigenvalue weighted by molar-refractivity contribution is 5.88. The van der Waals surface area contributed by atoms with Crippen molar-refractivity contribution in [3.8, 4) is 17.2 Å². The zero-order valence-corrected chi connectivity index (χ0v) is 51.7. The summed E-state index contributed by atoms with van der Waals surface area (Å²) < 4.78 is 52.9. The number of hydrogen-bond donors (Lipinski definition) is 6. The summed E-state index contributed by atoms with van der Waals surface area (Å²) in [5, 5.41) is 55.2. The topological polar surface area (TPSA) is 147 Å². The molecule has 0 amide bonds. The Labute approximate surface area is 482 Å². The number of aromatic hydroxyl groups is 3. The van der Waals surface area contributed by atoms with Crippen LogP contribution in [0.5, 0.6) is 17.2 Å². The van der Waals surface area contributed by atoms with Gasteiger partial charge in [0.05, 0.1) is 35.1 Å². The molecule has 0 radical (unpaired) electrons. The van der Waals surface area contributed by atoms with Gasteiger partial charge < -0.3 is 15.3 Å². The van der Waals surface area contributed by atoms with Crippen LogP contribution in [0.3, 0.4) is 0 Å². The molecule has 10 aromatic rings. The molecule has 3 aromatic heterocycles. The quantitative estimate of drug-likeness (QED) is 0.0834. The number of aromatic nitrogens is 6. The first-order chi connectivity index (χ1) is 37.7. The predicted octanol–water partition coefficient (Wildman–Crippen LogP) is 19.0. The number of aryl methyl sites for hydroxylation is 2. The maximum absolute atomic E-state index is 13.6. The number of phenolic OH excluding ortho intramolecular Hbond substituents is 3. The first kappa shape index (κ1) is 65.1. The minimum atomic E-state index is -0.965. The van der Waals surface area contributed by atoms with Crippen LogP contribution in [0.15, 0.2) is 122 Å². The van der Waals surface area contributed by atoms with Gasteiger partial charge in [-0.15, -0.1) is 0 Å². The van der Waals surface area contributed by atoms with E-state index in [1.165, 1.54) is 79.8 Å². The standard InChI is InChI=1S/C14H16O.2C12H16N2.C11H13FN2.C10H12F2O.C10H13FO/c1-14(2,3)13-9-11(15)8-10-6-4-5-7-12(10)13;1-8-5-6-10-9(7-13-14-10)11(8)12(2,3)4;1-8-5-6-9-7-13-14-11(9)10(8)12(2,3)4;1-11(2,3)9-8(12)5-4-7-6-13-14-10(7)9;1-10(2,3)8-7(13)5-4-6(11)9(8)12;1-10(2,3)9-7(11)5-4-6-8(9)12/h4-9,15H,1-3H3;2*5-7H,1-4H3,(H,13,14);4-6H,1-3H3,(H,13,14);4-5,13H,1-3H3;4-6,12H,1-3H3. The van der Waals surface area contributed by atoms with Gasteiger partial charge in [-0.2, -0.15) is 15.3 Å². The van der Waals surface area contributed by atoms with Gasteiger partial charge in [-0.1, -0.05) is 173 Å². The molecule has 0 atom stereocenters. The van der Waals surface area contributed by atoms with Crippen LogP contribution in [0.2, 0.25) is 0 Å². The van der Waals surface area contributed by atoms with Gasteiger partial charge in [0, 0.05) is 32.8 Å². The van der Waals surface area contributed by atoms with Crippen molar-refractivity contribution in [1.82, 2.24) is 30.6 Å². The van der Waals surface area contributed by atoms with E-state index in [0.29, 0.717) is 16.9 Å². The van der Waals surface area contributed by atoms with Gasteiger partial charge in [0.2, 0.25) is 0 Å². The van der Waals surface area contributed by atoms with Crippen LogP contribution in [0.1, 0.15) is 169 Å². The third kappa shape index (κ3) is 16.1. The second-order valence-corrected chi connectivity index (χ2v) is 27.0. The molecule has 3 heterocycles. The average Bonchev–Trinajstić information content (AvgIpc) is 4.14. The monoisotopic (exact) mass is 1120 g/mol. The molecule has 438 valence electrons. The molecule has 0 fully saturated rings. The smallest absolute Gasteiger partial charge is 0.166 e. The van der Waals surface area contributed by atoms with Crippen LogP contribution in [0.4, 0.5) is 17.6 Å². The summed E-state index contributed by atoms with van der Waals surface area (Å²) in [7, 11) is 0. The normalized spacial score (nSPS) is 12.0. The third-order valence-electron chi connectivity index (χ3n) is 13.7. The summed E-state index contributed by atoms with van der Waals surface area (Å²) in [6.07, 6.45) is 5.51. The molecule has 0 aliphatic rings. The molecule has 6 N–H and O–H groups in total. The van der Waals surface area contributed by atoms with E-state index in [4.69, 9.17) is 0 Å². The Kier molecular flexibility index (Phi) is 20.0. The van der Waals surface area contributed by atoms with E-state index in [9.17, 15) is 32.9 Å². The Morgan fingerprint density at radius 2 is 0.829 bits per heavy atom. The van der Waals surface area contributed by atoms with E-state index in [0.717, 1.165) is 27.9 Å². The number of rotatable bonds is 0. The van der Waals surface area contributed by atoms with Gasteiger partial charge in [0.15, 0.2) is 11.6 Å². The highest BCUT2D eigenvalue weighted by Gasteiger charge is 2.27. The Morgan fingerprint density at radius 3 is 1.34 bits per heavy atom. The van der Waals surface area contributed by atoms with Gasteiger partial charge in [0.1, 0.15) is 28.9 Å². The highest BCUT2D eigenvalue weighted by atomic mass is 19.2. The lowest BCUT2D eigenvalue weighted by Crippen LogP contribution is -2.14.